The molecule has 0 saturated heterocycles. The fourth-order valence-electron chi connectivity index (χ4n) is 1.85. The molecule has 0 aliphatic heterocycles. The third-order valence-corrected chi connectivity index (χ3v) is 4.33. The highest BCUT2D eigenvalue weighted by molar-refractivity contribution is 7.99. The minimum atomic E-state index is -0.0413. The van der Waals surface area contributed by atoms with Gasteiger partial charge in [-0.05, 0) is 29.8 Å². The summed E-state index contributed by atoms with van der Waals surface area (Å²) >= 11 is 7.43. The van der Waals surface area contributed by atoms with Gasteiger partial charge in [-0.2, -0.15) is 11.8 Å². The van der Waals surface area contributed by atoms with Gasteiger partial charge in [0.2, 0.25) is 0 Å². The van der Waals surface area contributed by atoms with Crippen molar-refractivity contribution in [1.29, 1.82) is 0 Å². The van der Waals surface area contributed by atoms with Crippen molar-refractivity contribution >= 4 is 29.1 Å². The number of benzene rings is 1. The lowest BCUT2D eigenvalue weighted by Gasteiger charge is -2.15. The number of hydrogen-bond donors (Lipinski definition) is 1. The molecule has 0 aliphatic carbocycles. The van der Waals surface area contributed by atoms with E-state index in [1.54, 1.807) is 36.0 Å². The molecule has 1 N–H and O–H groups in total. The molecule has 106 valence electrons. The van der Waals surface area contributed by atoms with Crippen LogP contribution in [0.15, 0.2) is 47.1 Å². The quantitative estimate of drug-likeness (QED) is 0.786. The predicted molar refractivity (Wildman–Crippen MR) is 81.4 cm³/mol. The summed E-state index contributed by atoms with van der Waals surface area (Å²) in [6.07, 6.45) is 1.82. The molecule has 0 saturated carbocycles. The van der Waals surface area contributed by atoms with Gasteiger partial charge >= 0.3 is 0 Å². The summed E-state index contributed by atoms with van der Waals surface area (Å²) in [5.74, 6) is 0.910. The standard InChI is InChI=1S/C15H15ClO3S/c16-12-5-3-11(4-6-12)15(20-9-7-17)10-13(18)14-2-1-8-19-14/h1-6,8,15,17H,7,9-10H2/t15-/m0/s1. The Labute approximate surface area is 126 Å². The Morgan fingerprint density at radius 1 is 1.30 bits per heavy atom. The molecule has 20 heavy (non-hydrogen) atoms. The third-order valence-electron chi connectivity index (χ3n) is 2.82. The van der Waals surface area contributed by atoms with Gasteiger partial charge < -0.3 is 9.52 Å². The number of hydrogen-bond acceptors (Lipinski definition) is 4. The Morgan fingerprint density at radius 2 is 2.05 bits per heavy atom. The van der Waals surface area contributed by atoms with E-state index in [-0.39, 0.29) is 17.6 Å². The van der Waals surface area contributed by atoms with Crippen molar-refractivity contribution < 1.29 is 14.3 Å². The van der Waals surface area contributed by atoms with E-state index in [1.807, 2.05) is 12.1 Å². The van der Waals surface area contributed by atoms with Crippen LogP contribution in [-0.4, -0.2) is 23.2 Å². The second kappa shape index (κ2) is 7.53. The van der Waals surface area contributed by atoms with Crippen LogP contribution in [0.1, 0.15) is 27.8 Å². The molecule has 0 bridgehead atoms. The topological polar surface area (TPSA) is 50.4 Å². The van der Waals surface area contributed by atoms with Gasteiger partial charge in [0.25, 0.3) is 0 Å². The van der Waals surface area contributed by atoms with Crippen LogP contribution < -0.4 is 0 Å². The molecule has 0 spiro atoms. The zero-order valence-electron chi connectivity index (χ0n) is 10.8. The highest BCUT2D eigenvalue weighted by atomic mass is 35.5. The Kier molecular flexibility index (Phi) is 5.71. The van der Waals surface area contributed by atoms with Gasteiger partial charge in [0.05, 0.1) is 12.9 Å². The van der Waals surface area contributed by atoms with E-state index in [4.69, 9.17) is 21.1 Å². The van der Waals surface area contributed by atoms with Crippen molar-refractivity contribution in [3.8, 4) is 0 Å². The molecule has 2 rings (SSSR count). The van der Waals surface area contributed by atoms with Gasteiger partial charge in [-0.3, -0.25) is 4.79 Å². The number of thioether (sulfide) groups is 1. The average Bonchev–Trinajstić information content (AvgIpc) is 2.98. The summed E-state index contributed by atoms with van der Waals surface area (Å²) in [7, 11) is 0. The number of carbonyl (C=O) groups is 1. The third kappa shape index (κ3) is 4.13. The summed E-state index contributed by atoms with van der Waals surface area (Å²) < 4.78 is 5.13. The molecule has 1 aromatic carbocycles. The second-order valence-corrected chi connectivity index (χ2v) is 5.99. The molecular formula is C15H15ClO3S. The molecule has 0 fully saturated rings. The van der Waals surface area contributed by atoms with Crippen molar-refractivity contribution in [3.63, 3.8) is 0 Å². The van der Waals surface area contributed by atoms with Gasteiger partial charge in [-0.1, -0.05) is 23.7 Å². The first-order valence-corrected chi connectivity index (χ1v) is 7.68. The highest BCUT2D eigenvalue weighted by Crippen LogP contribution is 2.33. The van der Waals surface area contributed by atoms with E-state index in [0.717, 1.165) is 5.56 Å². The van der Waals surface area contributed by atoms with Gasteiger partial charge in [-0.15, -0.1) is 0 Å². The van der Waals surface area contributed by atoms with Gasteiger partial charge in [0.15, 0.2) is 11.5 Å². The van der Waals surface area contributed by atoms with Crippen LogP contribution in [0.25, 0.3) is 0 Å². The first-order valence-electron chi connectivity index (χ1n) is 6.25. The van der Waals surface area contributed by atoms with E-state index < -0.39 is 0 Å². The first-order chi connectivity index (χ1) is 9.70. The number of carbonyl (C=O) groups excluding carboxylic acids is 1. The lowest BCUT2D eigenvalue weighted by Crippen LogP contribution is -2.06. The Balaban J connectivity index is 2.11. The van der Waals surface area contributed by atoms with Crippen molar-refractivity contribution in [2.75, 3.05) is 12.4 Å². The molecule has 0 unspecified atom stereocenters. The van der Waals surface area contributed by atoms with E-state index in [1.165, 1.54) is 6.26 Å². The maximum atomic E-state index is 12.1. The number of furan rings is 1. The monoisotopic (exact) mass is 310 g/mol. The Morgan fingerprint density at radius 3 is 2.65 bits per heavy atom. The molecule has 3 nitrogen and oxygen atoms in total. The summed E-state index contributed by atoms with van der Waals surface area (Å²) in [4.78, 5) is 12.1. The number of aliphatic hydroxyl groups excluding tert-OH is 1. The normalized spacial score (nSPS) is 12.3. The first kappa shape index (κ1) is 15.2. The fourth-order valence-corrected chi connectivity index (χ4v) is 2.99. The highest BCUT2D eigenvalue weighted by Gasteiger charge is 2.19. The molecule has 1 atom stereocenters. The molecule has 0 amide bonds. The minimum absolute atomic E-state index is 0.0167. The smallest absolute Gasteiger partial charge is 0.199 e. The Hall–Kier alpha value is -1.23. The molecular weight excluding hydrogens is 296 g/mol. The lowest BCUT2D eigenvalue weighted by molar-refractivity contribution is 0.0955. The van der Waals surface area contributed by atoms with Crippen molar-refractivity contribution in [2.24, 2.45) is 0 Å². The second-order valence-electron chi connectivity index (χ2n) is 4.24. The summed E-state index contributed by atoms with van der Waals surface area (Å²) in [6, 6.07) is 10.8. The molecule has 2 aromatic rings. The van der Waals surface area contributed by atoms with Crippen LogP contribution in [0.3, 0.4) is 0 Å². The molecule has 0 radical (unpaired) electrons. The zero-order chi connectivity index (χ0) is 14.4. The fraction of sp³-hybridized carbons (Fsp3) is 0.267. The van der Waals surface area contributed by atoms with Crippen LogP contribution in [0.2, 0.25) is 5.02 Å². The predicted octanol–water partition coefficient (Wildman–Crippen LogP) is 3.97. The van der Waals surface area contributed by atoms with Crippen molar-refractivity contribution in [3.05, 3.63) is 59.0 Å². The van der Waals surface area contributed by atoms with Gasteiger partial charge in [0.1, 0.15) is 0 Å². The van der Waals surface area contributed by atoms with Gasteiger partial charge in [0, 0.05) is 22.4 Å². The van der Waals surface area contributed by atoms with Crippen molar-refractivity contribution in [1.82, 2.24) is 0 Å². The number of ketones is 1. The van der Waals surface area contributed by atoms with Gasteiger partial charge in [-0.25, -0.2) is 0 Å². The van der Waals surface area contributed by atoms with Crippen LogP contribution in [0.4, 0.5) is 0 Å². The summed E-state index contributed by atoms with van der Waals surface area (Å²) in [5, 5.41) is 9.63. The Bertz CT molecular complexity index is 537. The van der Waals surface area contributed by atoms with E-state index in [0.29, 0.717) is 23.0 Å². The minimum Gasteiger partial charge on any atom is -0.461 e. The maximum absolute atomic E-state index is 12.1. The number of halogens is 1. The lowest BCUT2D eigenvalue weighted by atomic mass is 10.1. The SMILES string of the molecule is O=C(C[C@H](SCCO)c1ccc(Cl)cc1)c1ccco1. The number of rotatable bonds is 7. The molecule has 1 aromatic heterocycles. The van der Waals surface area contributed by atoms with E-state index in [9.17, 15) is 4.79 Å². The number of aliphatic hydroxyl groups is 1. The molecule has 5 heteroatoms. The molecule has 1 heterocycles. The van der Waals surface area contributed by atoms with Crippen LogP contribution in [0, 0.1) is 0 Å². The number of Topliss-reactive ketones (excluding diaryl/α,β-unsaturated/α-hetero) is 1. The van der Waals surface area contributed by atoms with Crippen LogP contribution >= 0.6 is 23.4 Å². The summed E-state index contributed by atoms with van der Waals surface area (Å²) in [5.41, 5.74) is 1.02. The van der Waals surface area contributed by atoms with Crippen LogP contribution in [0.5, 0.6) is 0 Å². The van der Waals surface area contributed by atoms with Crippen LogP contribution in [-0.2, 0) is 0 Å². The van der Waals surface area contributed by atoms with E-state index in [2.05, 4.69) is 0 Å². The maximum Gasteiger partial charge on any atom is 0.199 e. The van der Waals surface area contributed by atoms with Crippen molar-refractivity contribution in [2.45, 2.75) is 11.7 Å². The largest absolute Gasteiger partial charge is 0.461 e. The summed E-state index contributed by atoms with van der Waals surface area (Å²) in [6.45, 7) is 0.0870. The zero-order valence-corrected chi connectivity index (χ0v) is 12.4. The molecule has 0 aliphatic rings. The average molecular weight is 311 g/mol. The van der Waals surface area contributed by atoms with E-state index >= 15 is 0 Å².